The molecule has 5 heteroatoms. The van der Waals surface area contributed by atoms with Crippen LogP contribution in [0.15, 0.2) is 41.1 Å². The Kier molecular flexibility index (Phi) is 3.78. The molecule has 1 aromatic heterocycles. The van der Waals surface area contributed by atoms with E-state index in [1.165, 1.54) is 0 Å². The Hall–Kier alpha value is -1.80. The molecule has 0 amide bonds. The summed E-state index contributed by atoms with van der Waals surface area (Å²) in [5, 5.41) is 12.9. The van der Waals surface area contributed by atoms with Gasteiger partial charge in [-0.25, -0.2) is 0 Å². The van der Waals surface area contributed by atoms with Gasteiger partial charge < -0.3 is 4.74 Å². The third kappa shape index (κ3) is 3.33. The highest BCUT2D eigenvalue weighted by molar-refractivity contribution is 9.10. The van der Waals surface area contributed by atoms with Gasteiger partial charge in [-0.3, -0.25) is 4.68 Å². The SMILES string of the molecule is N#Cc1cccc(OCCn2cc(Br)cn2)c1. The van der Waals surface area contributed by atoms with Crippen molar-refractivity contribution in [2.45, 2.75) is 6.54 Å². The van der Waals surface area contributed by atoms with Crippen LogP contribution < -0.4 is 4.74 Å². The van der Waals surface area contributed by atoms with Crippen molar-refractivity contribution in [3.8, 4) is 11.8 Å². The summed E-state index contributed by atoms with van der Waals surface area (Å²) >= 11 is 3.33. The Labute approximate surface area is 108 Å². The van der Waals surface area contributed by atoms with Gasteiger partial charge in [-0.05, 0) is 34.1 Å². The molecule has 86 valence electrons. The van der Waals surface area contributed by atoms with Gasteiger partial charge in [0.25, 0.3) is 0 Å². The minimum atomic E-state index is 0.517. The van der Waals surface area contributed by atoms with E-state index in [0.29, 0.717) is 24.5 Å². The second-order valence-corrected chi connectivity index (χ2v) is 4.33. The molecule has 0 saturated carbocycles. The molecule has 0 atom stereocenters. The van der Waals surface area contributed by atoms with Gasteiger partial charge in [-0.2, -0.15) is 10.4 Å². The van der Waals surface area contributed by atoms with Gasteiger partial charge in [0, 0.05) is 6.20 Å². The highest BCUT2D eigenvalue weighted by atomic mass is 79.9. The Morgan fingerprint density at radius 1 is 1.47 bits per heavy atom. The van der Waals surface area contributed by atoms with Crippen molar-refractivity contribution in [2.24, 2.45) is 0 Å². The van der Waals surface area contributed by atoms with Crippen LogP contribution in [0.3, 0.4) is 0 Å². The van der Waals surface area contributed by atoms with Gasteiger partial charge in [0.1, 0.15) is 12.4 Å². The molecule has 0 radical (unpaired) electrons. The van der Waals surface area contributed by atoms with Gasteiger partial charge in [-0.1, -0.05) is 6.07 Å². The fourth-order valence-electron chi connectivity index (χ4n) is 1.37. The van der Waals surface area contributed by atoms with Crippen LogP contribution in [0.25, 0.3) is 0 Å². The number of benzene rings is 1. The quantitative estimate of drug-likeness (QED) is 0.870. The zero-order chi connectivity index (χ0) is 12.1. The van der Waals surface area contributed by atoms with Crippen molar-refractivity contribution in [1.29, 1.82) is 5.26 Å². The summed E-state index contributed by atoms with van der Waals surface area (Å²) in [7, 11) is 0. The summed E-state index contributed by atoms with van der Waals surface area (Å²) in [5.41, 5.74) is 0.601. The van der Waals surface area contributed by atoms with E-state index < -0.39 is 0 Å². The van der Waals surface area contributed by atoms with Crippen LogP contribution >= 0.6 is 15.9 Å². The number of nitrogens with zero attached hydrogens (tertiary/aromatic N) is 3. The molecular weight excluding hydrogens is 282 g/mol. The van der Waals surface area contributed by atoms with E-state index >= 15 is 0 Å². The molecule has 0 spiro atoms. The van der Waals surface area contributed by atoms with Crippen LogP contribution in [-0.2, 0) is 6.54 Å². The average Bonchev–Trinajstić information content (AvgIpc) is 2.75. The molecule has 0 N–H and O–H groups in total. The predicted octanol–water partition coefficient (Wildman–Crippen LogP) is 2.60. The van der Waals surface area contributed by atoms with Crippen molar-refractivity contribution < 1.29 is 4.74 Å². The normalized spacial score (nSPS) is 9.88. The lowest BCUT2D eigenvalue weighted by atomic mass is 10.2. The predicted molar refractivity (Wildman–Crippen MR) is 66.6 cm³/mol. The van der Waals surface area contributed by atoms with E-state index in [2.05, 4.69) is 27.1 Å². The number of hydrogen-bond acceptors (Lipinski definition) is 3. The molecule has 4 nitrogen and oxygen atoms in total. The fourth-order valence-corrected chi connectivity index (χ4v) is 1.70. The standard InChI is InChI=1S/C12H10BrN3O/c13-11-8-15-16(9-11)4-5-17-12-3-1-2-10(6-12)7-14/h1-3,6,8-9H,4-5H2. The Bertz CT molecular complexity index is 545. The Balaban J connectivity index is 1.88. The molecule has 17 heavy (non-hydrogen) atoms. The Morgan fingerprint density at radius 2 is 2.35 bits per heavy atom. The molecule has 1 heterocycles. The van der Waals surface area contributed by atoms with Crippen LogP contribution in [0.1, 0.15) is 5.56 Å². The van der Waals surface area contributed by atoms with Crippen LogP contribution in [-0.4, -0.2) is 16.4 Å². The molecule has 0 bridgehead atoms. The molecule has 0 fully saturated rings. The summed E-state index contributed by atoms with van der Waals surface area (Å²) in [6, 6.07) is 9.18. The van der Waals surface area contributed by atoms with E-state index in [1.54, 1.807) is 29.1 Å². The number of halogens is 1. The zero-order valence-corrected chi connectivity index (χ0v) is 10.6. The van der Waals surface area contributed by atoms with Crippen molar-refractivity contribution >= 4 is 15.9 Å². The number of rotatable bonds is 4. The lowest BCUT2D eigenvalue weighted by Crippen LogP contribution is -2.08. The molecule has 0 unspecified atom stereocenters. The van der Waals surface area contributed by atoms with Crippen LogP contribution in [0.2, 0.25) is 0 Å². The maximum Gasteiger partial charge on any atom is 0.120 e. The maximum absolute atomic E-state index is 8.74. The fraction of sp³-hybridized carbons (Fsp3) is 0.167. The van der Waals surface area contributed by atoms with Gasteiger partial charge in [0.2, 0.25) is 0 Å². The lowest BCUT2D eigenvalue weighted by molar-refractivity contribution is 0.291. The molecule has 0 aliphatic heterocycles. The number of hydrogen-bond donors (Lipinski definition) is 0. The molecule has 2 rings (SSSR count). The third-order valence-corrected chi connectivity index (χ3v) is 2.56. The first kappa shape index (κ1) is 11.7. The van der Waals surface area contributed by atoms with E-state index in [-0.39, 0.29) is 0 Å². The van der Waals surface area contributed by atoms with Crippen molar-refractivity contribution in [1.82, 2.24) is 9.78 Å². The summed E-state index contributed by atoms with van der Waals surface area (Å²) in [6.07, 6.45) is 3.62. The first-order chi connectivity index (χ1) is 8.28. The van der Waals surface area contributed by atoms with Gasteiger partial charge >= 0.3 is 0 Å². The van der Waals surface area contributed by atoms with Gasteiger partial charge in [0.05, 0.1) is 28.8 Å². The molecule has 0 aliphatic rings. The smallest absolute Gasteiger partial charge is 0.120 e. The summed E-state index contributed by atoms with van der Waals surface area (Å²) < 4.78 is 8.27. The van der Waals surface area contributed by atoms with Crippen LogP contribution in [0, 0.1) is 11.3 Å². The molecular formula is C12H10BrN3O. The number of ether oxygens (including phenoxy) is 1. The zero-order valence-electron chi connectivity index (χ0n) is 9.01. The second-order valence-electron chi connectivity index (χ2n) is 3.41. The molecule has 0 aliphatic carbocycles. The highest BCUT2D eigenvalue weighted by Gasteiger charge is 1.98. The third-order valence-electron chi connectivity index (χ3n) is 2.15. The number of nitriles is 1. The minimum absolute atomic E-state index is 0.517. The first-order valence-electron chi connectivity index (χ1n) is 5.09. The highest BCUT2D eigenvalue weighted by Crippen LogP contribution is 2.12. The summed E-state index contributed by atoms with van der Waals surface area (Å²) in [6.45, 7) is 1.19. The van der Waals surface area contributed by atoms with Gasteiger partial charge in [0.15, 0.2) is 0 Å². The lowest BCUT2D eigenvalue weighted by Gasteiger charge is -2.06. The van der Waals surface area contributed by atoms with Crippen molar-refractivity contribution in [3.05, 3.63) is 46.7 Å². The second kappa shape index (κ2) is 5.51. The van der Waals surface area contributed by atoms with Crippen LogP contribution in [0.5, 0.6) is 5.75 Å². The molecule has 0 saturated heterocycles. The average molecular weight is 292 g/mol. The topological polar surface area (TPSA) is 50.8 Å². The summed E-state index contributed by atoms with van der Waals surface area (Å²) in [4.78, 5) is 0. The molecule has 2 aromatic rings. The van der Waals surface area contributed by atoms with E-state index in [0.717, 1.165) is 4.47 Å². The van der Waals surface area contributed by atoms with E-state index in [4.69, 9.17) is 10.00 Å². The largest absolute Gasteiger partial charge is 0.492 e. The Morgan fingerprint density at radius 3 is 3.06 bits per heavy atom. The number of aromatic nitrogens is 2. The molecule has 1 aromatic carbocycles. The minimum Gasteiger partial charge on any atom is -0.492 e. The van der Waals surface area contributed by atoms with E-state index in [9.17, 15) is 0 Å². The monoisotopic (exact) mass is 291 g/mol. The van der Waals surface area contributed by atoms with Crippen molar-refractivity contribution in [2.75, 3.05) is 6.61 Å². The summed E-state index contributed by atoms with van der Waals surface area (Å²) in [5.74, 6) is 0.704. The van der Waals surface area contributed by atoms with Crippen LogP contribution in [0.4, 0.5) is 0 Å². The van der Waals surface area contributed by atoms with E-state index in [1.807, 2.05) is 12.3 Å². The maximum atomic E-state index is 8.74. The van der Waals surface area contributed by atoms with Gasteiger partial charge in [-0.15, -0.1) is 0 Å². The first-order valence-corrected chi connectivity index (χ1v) is 5.88. The van der Waals surface area contributed by atoms with Crippen molar-refractivity contribution in [3.63, 3.8) is 0 Å².